The minimum atomic E-state index is -0.371. The van der Waals surface area contributed by atoms with E-state index in [2.05, 4.69) is 4.90 Å². The highest BCUT2D eigenvalue weighted by atomic mass is 19.1. The molecule has 0 radical (unpaired) electrons. The Morgan fingerprint density at radius 3 is 2.50 bits per heavy atom. The monoisotopic (exact) mass is 278 g/mol. The maximum atomic E-state index is 12.9. The molecule has 2 unspecified atom stereocenters. The van der Waals surface area contributed by atoms with Gasteiger partial charge in [0.1, 0.15) is 12.1 Å². The van der Waals surface area contributed by atoms with E-state index in [0.29, 0.717) is 5.92 Å². The number of nitrogens with zero attached hydrogens (tertiary/aromatic N) is 1. The summed E-state index contributed by atoms with van der Waals surface area (Å²) in [5.41, 5.74) is 6.96. The molecule has 0 bridgehead atoms. The van der Waals surface area contributed by atoms with Gasteiger partial charge < -0.3 is 15.4 Å². The molecular weight excluding hydrogens is 255 g/mol. The van der Waals surface area contributed by atoms with Gasteiger partial charge in [-0.2, -0.15) is 0 Å². The van der Waals surface area contributed by atoms with E-state index in [1.54, 1.807) is 0 Å². The molecule has 1 aliphatic rings. The number of halogens is 1. The van der Waals surface area contributed by atoms with Crippen LogP contribution in [0.15, 0.2) is 24.3 Å². The molecule has 1 aromatic rings. The molecule has 1 saturated heterocycles. The standard InChI is InChI=1S/C16H23FN2O/c1-12(16(18)11-20)10-19-8-6-14(7-9-19)13-2-4-15(17)5-3-13/h2-5,11-12,14,16H,6-10,18H2,1H3. The minimum Gasteiger partial charge on any atom is -0.321 e. The van der Waals surface area contributed by atoms with Crippen molar-refractivity contribution in [2.45, 2.75) is 31.7 Å². The summed E-state index contributed by atoms with van der Waals surface area (Å²) in [5.74, 6) is 0.527. The molecule has 0 saturated carbocycles. The highest BCUT2D eigenvalue weighted by Crippen LogP contribution is 2.28. The van der Waals surface area contributed by atoms with E-state index in [1.807, 2.05) is 19.1 Å². The predicted octanol–water partition coefficient (Wildman–Crippen LogP) is 2.17. The molecule has 2 N–H and O–H groups in total. The van der Waals surface area contributed by atoms with E-state index in [0.717, 1.165) is 38.8 Å². The van der Waals surface area contributed by atoms with Crippen LogP contribution >= 0.6 is 0 Å². The molecule has 0 amide bonds. The van der Waals surface area contributed by atoms with Crippen LogP contribution in [0.1, 0.15) is 31.2 Å². The van der Waals surface area contributed by atoms with E-state index < -0.39 is 0 Å². The second-order valence-electron chi connectivity index (χ2n) is 5.82. The molecule has 1 aromatic carbocycles. The topological polar surface area (TPSA) is 46.3 Å². The SMILES string of the molecule is CC(CN1CCC(c2ccc(F)cc2)CC1)C(N)C=O. The number of hydrogen-bond acceptors (Lipinski definition) is 3. The quantitative estimate of drug-likeness (QED) is 0.840. The lowest BCUT2D eigenvalue weighted by Gasteiger charge is -2.34. The Morgan fingerprint density at radius 2 is 1.95 bits per heavy atom. The fourth-order valence-electron chi connectivity index (χ4n) is 2.85. The van der Waals surface area contributed by atoms with E-state index in [1.165, 1.54) is 17.7 Å². The Labute approximate surface area is 120 Å². The molecule has 2 atom stereocenters. The van der Waals surface area contributed by atoms with Gasteiger partial charge in [0.05, 0.1) is 6.04 Å². The van der Waals surface area contributed by atoms with Crippen LogP contribution in [0.2, 0.25) is 0 Å². The van der Waals surface area contributed by atoms with Gasteiger partial charge in [0.15, 0.2) is 0 Å². The van der Waals surface area contributed by atoms with Crippen LogP contribution in [-0.4, -0.2) is 36.9 Å². The lowest BCUT2D eigenvalue weighted by molar-refractivity contribution is -0.109. The molecule has 20 heavy (non-hydrogen) atoms. The zero-order valence-corrected chi connectivity index (χ0v) is 12.0. The summed E-state index contributed by atoms with van der Waals surface area (Å²) >= 11 is 0. The first kappa shape index (κ1) is 15.1. The van der Waals surface area contributed by atoms with Crippen LogP contribution in [0.25, 0.3) is 0 Å². The van der Waals surface area contributed by atoms with Crippen LogP contribution in [-0.2, 0) is 4.79 Å². The molecule has 3 nitrogen and oxygen atoms in total. The van der Waals surface area contributed by atoms with Crippen molar-refractivity contribution in [3.8, 4) is 0 Å². The van der Waals surface area contributed by atoms with Gasteiger partial charge in [0.2, 0.25) is 0 Å². The van der Waals surface area contributed by atoms with Crippen LogP contribution in [0, 0.1) is 11.7 Å². The van der Waals surface area contributed by atoms with Crippen molar-refractivity contribution in [3.05, 3.63) is 35.6 Å². The predicted molar refractivity (Wildman–Crippen MR) is 78.0 cm³/mol. The normalized spacial score (nSPS) is 20.6. The summed E-state index contributed by atoms with van der Waals surface area (Å²) < 4.78 is 12.9. The first-order chi connectivity index (χ1) is 9.60. The zero-order chi connectivity index (χ0) is 14.5. The Bertz CT molecular complexity index is 427. The number of hydrogen-bond donors (Lipinski definition) is 1. The number of carbonyl (C=O) groups excluding carboxylic acids is 1. The first-order valence-corrected chi connectivity index (χ1v) is 7.29. The fourth-order valence-corrected chi connectivity index (χ4v) is 2.85. The largest absolute Gasteiger partial charge is 0.321 e. The zero-order valence-electron chi connectivity index (χ0n) is 12.0. The van der Waals surface area contributed by atoms with Crippen molar-refractivity contribution in [1.82, 2.24) is 4.90 Å². The van der Waals surface area contributed by atoms with Crippen LogP contribution in [0.4, 0.5) is 4.39 Å². The highest BCUT2D eigenvalue weighted by molar-refractivity contribution is 5.57. The van der Waals surface area contributed by atoms with Crippen molar-refractivity contribution in [2.75, 3.05) is 19.6 Å². The molecule has 0 spiro atoms. The van der Waals surface area contributed by atoms with Gasteiger partial charge >= 0.3 is 0 Å². The highest BCUT2D eigenvalue weighted by Gasteiger charge is 2.23. The lowest BCUT2D eigenvalue weighted by atomic mass is 9.89. The maximum Gasteiger partial charge on any atom is 0.137 e. The van der Waals surface area contributed by atoms with E-state index in [4.69, 9.17) is 5.73 Å². The molecule has 4 heteroatoms. The lowest BCUT2D eigenvalue weighted by Crippen LogP contribution is -2.41. The summed E-state index contributed by atoms with van der Waals surface area (Å²) in [4.78, 5) is 13.0. The summed E-state index contributed by atoms with van der Waals surface area (Å²) in [7, 11) is 0. The fraction of sp³-hybridized carbons (Fsp3) is 0.562. The molecule has 2 rings (SSSR count). The molecule has 1 aliphatic heterocycles. The summed E-state index contributed by atoms with van der Waals surface area (Å²) in [6, 6.07) is 6.48. The summed E-state index contributed by atoms with van der Waals surface area (Å²) in [6.07, 6.45) is 2.99. The number of nitrogens with two attached hydrogens (primary N) is 1. The molecule has 0 aliphatic carbocycles. The number of likely N-dealkylation sites (tertiary alicyclic amines) is 1. The smallest absolute Gasteiger partial charge is 0.137 e. The van der Waals surface area contributed by atoms with Crippen LogP contribution in [0.5, 0.6) is 0 Å². The van der Waals surface area contributed by atoms with E-state index in [9.17, 15) is 9.18 Å². The van der Waals surface area contributed by atoms with Gasteiger partial charge in [-0.05, 0) is 55.5 Å². The maximum absolute atomic E-state index is 12.9. The van der Waals surface area contributed by atoms with Crippen molar-refractivity contribution in [1.29, 1.82) is 0 Å². The third kappa shape index (κ3) is 3.87. The minimum absolute atomic E-state index is 0.178. The number of carbonyl (C=O) groups is 1. The van der Waals surface area contributed by atoms with E-state index >= 15 is 0 Å². The number of aldehydes is 1. The average molecular weight is 278 g/mol. The van der Waals surface area contributed by atoms with Crippen molar-refractivity contribution in [3.63, 3.8) is 0 Å². The third-order valence-electron chi connectivity index (χ3n) is 4.29. The van der Waals surface area contributed by atoms with Crippen molar-refractivity contribution >= 4 is 6.29 Å². The summed E-state index contributed by atoms with van der Waals surface area (Å²) in [5, 5.41) is 0. The molecule has 1 fully saturated rings. The first-order valence-electron chi connectivity index (χ1n) is 7.29. The molecule has 0 aromatic heterocycles. The van der Waals surface area contributed by atoms with Crippen LogP contribution in [0.3, 0.4) is 0 Å². The molecule has 110 valence electrons. The van der Waals surface area contributed by atoms with Crippen molar-refractivity contribution < 1.29 is 9.18 Å². The number of rotatable bonds is 5. The van der Waals surface area contributed by atoms with Gasteiger partial charge in [0.25, 0.3) is 0 Å². The van der Waals surface area contributed by atoms with Crippen molar-refractivity contribution in [2.24, 2.45) is 11.7 Å². The Kier molecular flexibility index (Phi) is 5.26. The van der Waals surface area contributed by atoms with Gasteiger partial charge in [-0.25, -0.2) is 4.39 Å². The second kappa shape index (κ2) is 6.95. The van der Waals surface area contributed by atoms with Gasteiger partial charge in [-0.3, -0.25) is 0 Å². The Balaban J connectivity index is 1.83. The van der Waals surface area contributed by atoms with Crippen LogP contribution < -0.4 is 5.73 Å². The Morgan fingerprint density at radius 1 is 1.35 bits per heavy atom. The second-order valence-corrected chi connectivity index (χ2v) is 5.82. The number of piperidine rings is 1. The molecular formula is C16H23FN2O. The Hall–Kier alpha value is -1.26. The van der Waals surface area contributed by atoms with Gasteiger partial charge in [-0.1, -0.05) is 19.1 Å². The summed E-state index contributed by atoms with van der Waals surface area (Å²) in [6.45, 7) is 4.91. The van der Waals surface area contributed by atoms with Gasteiger partial charge in [-0.15, -0.1) is 0 Å². The third-order valence-corrected chi connectivity index (χ3v) is 4.29. The molecule has 1 heterocycles. The average Bonchev–Trinajstić information content (AvgIpc) is 2.48. The number of benzene rings is 1. The van der Waals surface area contributed by atoms with E-state index in [-0.39, 0.29) is 17.8 Å². The van der Waals surface area contributed by atoms with Gasteiger partial charge in [0, 0.05) is 6.54 Å².